The van der Waals surface area contributed by atoms with E-state index in [9.17, 15) is 4.79 Å². The van der Waals surface area contributed by atoms with E-state index >= 15 is 0 Å². The van der Waals surface area contributed by atoms with Crippen LogP contribution >= 0.6 is 0 Å². The second-order valence-electron chi connectivity index (χ2n) is 3.20. The van der Waals surface area contributed by atoms with Gasteiger partial charge in [0.25, 0.3) is 0 Å². The number of benzene rings is 1. The first kappa shape index (κ1) is 12.4. The van der Waals surface area contributed by atoms with Gasteiger partial charge in [-0.3, -0.25) is 0 Å². The van der Waals surface area contributed by atoms with Crippen LogP contribution in [0.3, 0.4) is 0 Å². The molecule has 16 heavy (non-hydrogen) atoms. The minimum atomic E-state index is -1.02. The molecular formula is C12H14O4. The quantitative estimate of drug-likeness (QED) is 0.566. The Hall–Kier alpha value is -1.65. The molecule has 0 bridgehead atoms. The summed E-state index contributed by atoms with van der Waals surface area (Å²) in [6, 6.07) is 9.28. The lowest BCUT2D eigenvalue weighted by molar-refractivity contribution is -0.139. The van der Waals surface area contributed by atoms with E-state index in [1.54, 1.807) is 0 Å². The molecule has 0 aromatic heterocycles. The molecule has 4 heteroatoms. The number of hydrogen-bond acceptors (Lipinski definition) is 4. The Labute approximate surface area is 93.8 Å². The van der Waals surface area contributed by atoms with Crippen molar-refractivity contribution < 1.29 is 19.7 Å². The van der Waals surface area contributed by atoms with Crippen molar-refractivity contribution in [2.75, 3.05) is 6.61 Å². The number of esters is 1. The normalized spacial score (nSPS) is 12.6. The molecule has 0 spiro atoms. The van der Waals surface area contributed by atoms with Crippen molar-refractivity contribution in [2.45, 2.75) is 12.7 Å². The number of ether oxygens (including phenoxy) is 1. The zero-order chi connectivity index (χ0) is 11.8. The van der Waals surface area contributed by atoms with Gasteiger partial charge in [-0.2, -0.15) is 0 Å². The molecule has 1 rings (SSSR count). The average molecular weight is 222 g/mol. The van der Waals surface area contributed by atoms with Gasteiger partial charge in [0.05, 0.1) is 12.7 Å². The first-order valence-corrected chi connectivity index (χ1v) is 4.90. The number of hydrogen-bond donors (Lipinski definition) is 2. The molecule has 1 unspecified atom stereocenters. The van der Waals surface area contributed by atoms with Gasteiger partial charge in [-0.1, -0.05) is 30.3 Å². The van der Waals surface area contributed by atoms with Crippen LogP contribution in [0, 0.1) is 0 Å². The van der Waals surface area contributed by atoms with Gasteiger partial charge in [-0.05, 0) is 11.6 Å². The Morgan fingerprint density at radius 2 is 2.06 bits per heavy atom. The Balaban J connectivity index is 2.33. The number of carbonyl (C=O) groups excluding carboxylic acids is 1. The molecule has 0 aliphatic rings. The van der Waals surface area contributed by atoms with Crippen LogP contribution in [0.2, 0.25) is 0 Å². The van der Waals surface area contributed by atoms with E-state index in [1.165, 1.54) is 6.08 Å². The first-order valence-electron chi connectivity index (χ1n) is 4.90. The average Bonchev–Trinajstić information content (AvgIpc) is 2.34. The lowest BCUT2D eigenvalue weighted by Crippen LogP contribution is -2.09. The van der Waals surface area contributed by atoms with Gasteiger partial charge in [0.2, 0.25) is 0 Å². The van der Waals surface area contributed by atoms with Gasteiger partial charge in [0.15, 0.2) is 0 Å². The minimum absolute atomic E-state index is 0.194. The van der Waals surface area contributed by atoms with Crippen LogP contribution in [-0.4, -0.2) is 28.9 Å². The topological polar surface area (TPSA) is 66.8 Å². The molecular weight excluding hydrogens is 208 g/mol. The molecule has 0 aliphatic heterocycles. The van der Waals surface area contributed by atoms with Crippen molar-refractivity contribution in [3.63, 3.8) is 0 Å². The highest BCUT2D eigenvalue weighted by Crippen LogP contribution is 2.00. The molecule has 4 nitrogen and oxygen atoms in total. The Kier molecular flexibility index (Phi) is 5.25. The van der Waals surface area contributed by atoms with Crippen LogP contribution in [0.4, 0.5) is 0 Å². The van der Waals surface area contributed by atoms with Crippen molar-refractivity contribution in [3.05, 3.63) is 48.0 Å². The standard InChI is InChI=1S/C12H14O4/c13-8-11(14)6-7-12(15)16-9-10-4-2-1-3-5-10/h1-7,11,13-14H,8-9H2/b7-6+. The van der Waals surface area contributed by atoms with Crippen LogP contribution in [0.1, 0.15) is 5.56 Å². The van der Waals surface area contributed by atoms with Gasteiger partial charge in [0, 0.05) is 6.08 Å². The summed E-state index contributed by atoms with van der Waals surface area (Å²) in [6.45, 7) is -0.221. The maximum Gasteiger partial charge on any atom is 0.330 e. The first-order chi connectivity index (χ1) is 7.72. The highest BCUT2D eigenvalue weighted by molar-refractivity contribution is 5.81. The molecule has 86 valence electrons. The van der Waals surface area contributed by atoms with Crippen molar-refractivity contribution in [1.29, 1.82) is 0 Å². The van der Waals surface area contributed by atoms with Crippen molar-refractivity contribution >= 4 is 5.97 Å². The summed E-state index contributed by atoms with van der Waals surface area (Å²) in [5, 5.41) is 17.4. The number of aliphatic hydroxyl groups is 2. The fourth-order valence-electron chi connectivity index (χ4n) is 1.03. The fraction of sp³-hybridized carbons (Fsp3) is 0.250. The smallest absolute Gasteiger partial charge is 0.330 e. The third-order valence-corrected chi connectivity index (χ3v) is 1.87. The molecule has 0 aliphatic carbocycles. The van der Waals surface area contributed by atoms with E-state index in [4.69, 9.17) is 14.9 Å². The summed E-state index contributed by atoms with van der Waals surface area (Å²) in [5.74, 6) is -0.545. The molecule has 1 aromatic rings. The number of carbonyl (C=O) groups is 1. The minimum Gasteiger partial charge on any atom is -0.458 e. The highest BCUT2D eigenvalue weighted by Gasteiger charge is 2.00. The summed E-state index contributed by atoms with van der Waals surface area (Å²) in [5.41, 5.74) is 0.895. The lowest BCUT2D eigenvalue weighted by Gasteiger charge is -2.02. The Morgan fingerprint density at radius 3 is 2.69 bits per heavy atom. The molecule has 0 saturated carbocycles. The van der Waals surface area contributed by atoms with Crippen LogP contribution in [0.25, 0.3) is 0 Å². The van der Waals surface area contributed by atoms with E-state index in [1.807, 2.05) is 30.3 Å². The van der Waals surface area contributed by atoms with Crippen LogP contribution in [-0.2, 0) is 16.1 Å². The maximum absolute atomic E-state index is 11.1. The van der Waals surface area contributed by atoms with E-state index in [2.05, 4.69) is 0 Å². The van der Waals surface area contributed by atoms with E-state index in [0.29, 0.717) is 0 Å². The maximum atomic E-state index is 11.1. The molecule has 0 fully saturated rings. The van der Waals surface area contributed by atoms with Crippen LogP contribution < -0.4 is 0 Å². The van der Waals surface area contributed by atoms with Gasteiger partial charge in [-0.25, -0.2) is 4.79 Å². The third-order valence-electron chi connectivity index (χ3n) is 1.87. The van der Waals surface area contributed by atoms with Gasteiger partial charge in [0.1, 0.15) is 6.61 Å². The van der Waals surface area contributed by atoms with Crippen molar-refractivity contribution in [3.8, 4) is 0 Å². The summed E-state index contributed by atoms with van der Waals surface area (Å²) >= 11 is 0. The summed E-state index contributed by atoms with van der Waals surface area (Å²) < 4.78 is 4.90. The molecule has 2 N–H and O–H groups in total. The van der Waals surface area contributed by atoms with E-state index in [0.717, 1.165) is 11.6 Å². The zero-order valence-corrected chi connectivity index (χ0v) is 8.74. The van der Waals surface area contributed by atoms with Crippen molar-refractivity contribution in [2.24, 2.45) is 0 Å². The van der Waals surface area contributed by atoms with Gasteiger partial charge < -0.3 is 14.9 Å². The van der Waals surface area contributed by atoms with Crippen molar-refractivity contribution in [1.82, 2.24) is 0 Å². The number of aliphatic hydroxyl groups excluding tert-OH is 2. The zero-order valence-electron chi connectivity index (χ0n) is 8.74. The summed E-state index contributed by atoms with van der Waals surface area (Å²) in [7, 11) is 0. The number of rotatable bonds is 5. The fourth-order valence-corrected chi connectivity index (χ4v) is 1.03. The highest BCUT2D eigenvalue weighted by atomic mass is 16.5. The predicted octanol–water partition coefficient (Wildman–Crippen LogP) is 0.639. The summed E-state index contributed by atoms with van der Waals surface area (Å²) in [6.07, 6.45) is 1.27. The van der Waals surface area contributed by atoms with E-state index < -0.39 is 18.7 Å². The molecule has 0 heterocycles. The predicted molar refractivity (Wildman–Crippen MR) is 58.5 cm³/mol. The van der Waals surface area contributed by atoms with Gasteiger partial charge >= 0.3 is 5.97 Å². The molecule has 0 saturated heterocycles. The lowest BCUT2D eigenvalue weighted by atomic mass is 10.2. The van der Waals surface area contributed by atoms with Gasteiger partial charge in [-0.15, -0.1) is 0 Å². The van der Waals surface area contributed by atoms with Crippen LogP contribution in [0.5, 0.6) is 0 Å². The summed E-state index contributed by atoms with van der Waals surface area (Å²) in [4.78, 5) is 11.1. The monoisotopic (exact) mass is 222 g/mol. The molecule has 1 atom stereocenters. The molecule has 1 aromatic carbocycles. The Bertz CT molecular complexity index is 345. The molecule has 0 amide bonds. The second-order valence-corrected chi connectivity index (χ2v) is 3.20. The van der Waals surface area contributed by atoms with E-state index in [-0.39, 0.29) is 6.61 Å². The van der Waals surface area contributed by atoms with Crippen LogP contribution in [0.15, 0.2) is 42.5 Å². The largest absolute Gasteiger partial charge is 0.458 e. The SMILES string of the molecule is O=C(/C=C/C(O)CO)OCc1ccccc1. The molecule has 0 radical (unpaired) electrons. The Morgan fingerprint density at radius 1 is 1.38 bits per heavy atom. The second kappa shape index (κ2) is 6.76. The third kappa shape index (κ3) is 4.72.